The van der Waals surface area contributed by atoms with Crippen molar-refractivity contribution in [2.45, 2.75) is 45.2 Å². The fourth-order valence-corrected chi connectivity index (χ4v) is 4.10. The number of fused-ring (bicyclic) bond motifs is 1. The Balaban J connectivity index is 1.77. The molecule has 3 rings (SSSR count). The summed E-state index contributed by atoms with van der Waals surface area (Å²) in [6.07, 6.45) is 5.34. The zero-order chi connectivity index (χ0) is 14.8. The summed E-state index contributed by atoms with van der Waals surface area (Å²) < 4.78 is 0. The average molecular weight is 304 g/mol. The summed E-state index contributed by atoms with van der Waals surface area (Å²) in [5, 5.41) is 6.40. The van der Waals surface area contributed by atoms with E-state index in [0.717, 1.165) is 34.3 Å². The molecule has 2 atom stereocenters. The molecule has 0 saturated heterocycles. The molecular weight excluding hydrogens is 280 g/mol. The number of nitrogens with one attached hydrogen (secondary N) is 1. The smallest absolute Gasteiger partial charge is 0.146 e. The number of aromatic nitrogens is 2. The molecule has 0 bridgehead atoms. The molecule has 1 aliphatic carbocycles. The minimum absolute atomic E-state index is 0.675. The van der Waals surface area contributed by atoms with Crippen molar-refractivity contribution >= 4 is 27.4 Å². The van der Waals surface area contributed by atoms with Crippen molar-refractivity contribution < 1.29 is 0 Å². The van der Waals surface area contributed by atoms with Crippen LogP contribution in [0.2, 0.25) is 0 Å². The number of anilines is 1. The maximum Gasteiger partial charge on any atom is 0.146 e. The normalized spacial score (nSPS) is 22.9. The van der Waals surface area contributed by atoms with Gasteiger partial charge in [-0.3, -0.25) is 4.90 Å². The maximum absolute atomic E-state index is 4.72. The zero-order valence-corrected chi connectivity index (χ0v) is 13.9. The predicted molar refractivity (Wildman–Crippen MR) is 89.8 cm³/mol. The van der Waals surface area contributed by atoms with E-state index in [0.29, 0.717) is 6.04 Å². The monoisotopic (exact) mass is 304 g/mol. The van der Waals surface area contributed by atoms with Crippen LogP contribution in [-0.2, 0) is 6.54 Å². The molecule has 0 radical (unpaired) electrons. The Kier molecular flexibility index (Phi) is 4.40. The summed E-state index contributed by atoms with van der Waals surface area (Å²) in [4.78, 5) is 12.9. The van der Waals surface area contributed by atoms with Gasteiger partial charge in [0.15, 0.2) is 0 Å². The van der Waals surface area contributed by atoms with E-state index < -0.39 is 0 Å². The quantitative estimate of drug-likeness (QED) is 0.934. The molecule has 1 saturated carbocycles. The van der Waals surface area contributed by atoms with Crippen molar-refractivity contribution in [3.05, 3.63) is 17.3 Å². The molecule has 1 fully saturated rings. The van der Waals surface area contributed by atoms with Gasteiger partial charge in [0.2, 0.25) is 0 Å². The maximum atomic E-state index is 4.72. The summed E-state index contributed by atoms with van der Waals surface area (Å²) in [6.45, 7) is 3.20. The molecule has 0 aliphatic heterocycles. The van der Waals surface area contributed by atoms with Crippen molar-refractivity contribution in [3.63, 3.8) is 0 Å². The van der Waals surface area contributed by atoms with Crippen LogP contribution in [0.15, 0.2) is 11.4 Å². The number of hydrogen-bond acceptors (Lipinski definition) is 5. The lowest BCUT2D eigenvalue weighted by Gasteiger charge is -2.33. The van der Waals surface area contributed by atoms with Crippen LogP contribution in [0.5, 0.6) is 0 Å². The summed E-state index contributed by atoms with van der Waals surface area (Å²) in [7, 11) is 4.14. The highest BCUT2D eigenvalue weighted by Crippen LogP contribution is 2.28. The first-order valence-electron chi connectivity index (χ1n) is 7.79. The number of nitrogens with zero attached hydrogens (tertiary/aromatic N) is 3. The Hall–Kier alpha value is -1.20. The van der Waals surface area contributed by atoms with E-state index in [-0.39, 0.29) is 0 Å². The minimum atomic E-state index is 0.675. The van der Waals surface area contributed by atoms with Gasteiger partial charge in [-0.15, -0.1) is 11.3 Å². The Labute approximate surface area is 130 Å². The minimum Gasteiger partial charge on any atom is -0.372 e. The van der Waals surface area contributed by atoms with Gasteiger partial charge in [-0.25, -0.2) is 9.97 Å². The first kappa shape index (κ1) is 14.7. The lowest BCUT2D eigenvalue weighted by molar-refractivity contribution is 0.155. The third kappa shape index (κ3) is 3.19. The van der Waals surface area contributed by atoms with Crippen LogP contribution in [-0.4, -0.2) is 35.0 Å². The topological polar surface area (TPSA) is 41.1 Å². The molecule has 2 aromatic heterocycles. The molecule has 0 spiro atoms. The summed E-state index contributed by atoms with van der Waals surface area (Å²) in [5.74, 6) is 2.72. The standard InChI is InChI=1S/C16H24N4S/c1-11-5-4-6-12(9-11)20(3)10-14-18-15(17-2)13-7-8-21-16(13)19-14/h7-8,11-12H,4-6,9-10H2,1-3H3,(H,17,18,19). The van der Waals surface area contributed by atoms with Crippen LogP contribution in [0.25, 0.3) is 10.2 Å². The molecule has 2 heterocycles. The molecule has 21 heavy (non-hydrogen) atoms. The van der Waals surface area contributed by atoms with Gasteiger partial charge in [-0.05, 0) is 37.3 Å². The average Bonchev–Trinajstić information content (AvgIpc) is 2.94. The molecule has 114 valence electrons. The van der Waals surface area contributed by atoms with Gasteiger partial charge in [-0.2, -0.15) is 0 Å². The van der Waals surface area contributed by atoms with Crippen molar-refractivity contribution in [2.24, 2.45) is 5.92 Å². The van der Waals surface area contributed by atoms with Crippen LogP contribution in [0.3, 0.4) is 0 Å². The number of rotatable bonds is 4. The van der Waals surface area contributed by atoms with Gasteiger partial charge in [0, 0.05) is 13.1 Å². The van der Waals surface area contributed by atoms with Crippen molar-refractivity contribution in [3.8, 4) is 0 Å². The molecule has 0 aromatic carbocycles. The van der Waals surface area contributed by atoms with Crippen LogP contribution in [0.1, 0.15) is 38.4 Å². The Morgan fingerprint density at radius 1 is 1.38 bits per heavy atom. The molecule has 1 aliphatic rings. The highest BCUT2D eigenvalue weighted by molar-refractivity contribution is 7.16. The van der Waals surface area contributed by atoms with Gasteiger partial charge < -0.3 is 5.32 Å². The fourth-order valence-electron chi connectivity index (χ4n) is 3.32. The van der Waals surface area contributed by atoms with Crippen LogP contribution >= 0.6 is 11.3 Å². The van der Waals surface area contributed by atoms with Crippen molar-refractivity contribution in [1.82, 2.24) is 14.9 Å². The molecule has 4 nitrogen and oxygen atoms in total. The summed E-state index contributed by atoms with van der Waals surface area (Å²) in [5.41, 5.74) is 0. The highest BCUT2D eigenvalue weighted by atomic mass is 32.1. The highest BCUT2D eigenvalue weighted by Gasteiger charge is 2.23. The van der Waals surface area contributed by atoms with E-state index in [1.54, 1.807) is 11.3 Å². The SMILES string of the molecule is CNc1nc(CN(C)C2CCCC(C)C2)nc2sccc12. The number of thiophene rings is 1. The van der Waals surface area contributed by atoms with Crippen molar-refractivity contribution in [1.29, 1.82) is 0 Å². The summed E-state index contributed by atoms with van der Waals surface area (Å²) >= 11 is 1.68. The van der Waals surface area contributed by atoms with E-state index in [2.05, 4.69) is 40.6 Å². The largest absolute Gasteiger partial charge is 0.372 e. The zero-order valence-electron chi connectivity index (χ0n) is 13.1. The third-order valence-electron chi connectivity index (χ3n) is 4.53. The fraction of sp³-hybridized carbons (Fsp3) is 0.625. The molecule has 5 heteroatoms. The van der Waals surface area contributed by atoms with Gasteiger partial charge >= 0.3 is 0 Å². The Morgan fingerprint density at radius 3 is 3.00 bits per heavy atom. The van der Waals surface area contributed by atoms with Gasteiger partial charge in [0.1, 0.15) is 16.5 Å². The molecular formula is C16H24N4S. The second-order valence-electron chi connectivity index (χ2n) is 6.22. The van der Waals surface area contributed by atoms with Gasteiger partial charge in [-0.1, -0.05) is 19.8 Å². The van der Waals surface area contributed by atoms with Crippen molar-refractivity contribution in [2.75, 3.05) is 19.4 Å². The van der Waals surface area contributed by atoms with E-state index in [1.165, 1.54) is 25.7 Å². The predicted octanol–water partition coefficient (Wildman–Crippen LogP) is 3.74. The second kappa shape index (κ2) is 6.28. The van der Waals surface area contributed by atoms with E-state index in [1.807, 2.05) is 7.05 Å². The third-order valence-corrected chi connectivity index (χ3v) is 5.34. The van der Waals surface area contributed by atoms with E-state index in [9.17, 15) is 0 Å². The second-order valence-corrected chi connectivity index (χ2v) is 7.11. The van der Waals surface area contributed by atoms with Crippen LogP contribution < -0.4 is 5.32 Å². The van der Waals surface area contributed by atoms with Gasteiger partial charge in [0.25, 0.3) is 0 Å². The van der Waals surface area contributed by atoms with E-state index in [4.69, 9.17) is 4.98 Å². The lowest BCUT2D eigenvalue weighted by atomic mass is 9.86. The van der Waals surface area contributed by atoms with Crippen LogP contribution in [0, 0.1) is 5.92 Å². The van der Waals surface area contributed by atoms with Crippen LogP contribution in [0.4, 0.5) is 5.82 Å². The van der Waals surface area contributed by atoms with Gasteiger partial charge in [0.05, 0.1) is 11.9 Å². The first-order chi connectivity index (χ1) is 10.2. The molecule has 1 N–H and O–H groups in total. The summed E-state index contributed by atoms with van der Waals surface area (Å²) in [6, 6.07) is 2.76. The Bertz CT molecular complexity index is 609. The lowest BCUT2D eigenvalue weighted by Crippen LogP contribution is -2.35. The Morgan fingerprint density at radius 2 is 2.24 bits per heavy atom. The molecule has 2 unspecified atom stereocenters. The molecule has 2 aromatic rings. The first-order valence-corrected chi connectivity index (χ1v) is 8.67. The number of hydrogen-bond donors (Lipinski definition) is 1. The van der Waals surface area contributed by atoms with E-state index >= 15 is 0 Å². The molecule has 0 amide bonds.